The summed E-state index contributed by atoms with van der Waals surface area (Å²) in [5, 5.41) is 7.71. The van der Waals surface area contributed by atoms with Crippen LogP contribution in [0.15, 0.2) is 60.7 Å². The summed E-state index contributed by atoms with van der Waals surface area (Å²) < 4.78 is 0. The molecule has 2 aliphatic carbocycles. The van der Waals surface area contributed by atoms with Crippen molar-refractivity contribution in [1.29, 1.82) is 0 Å². The van der Waals surface area contributed by atoms with Crippen molar-refractivity contribution < 1.29 is 0 Å². The fourth-order valence-corrected chi connectivity index (χ4v) is 4.89. The third kappa shape index (κ3) is 3.43. The zero-order valence-corrected chi connectivity index (χ0v) is 14.3. The molecule has 2 unspecified atom stereocenters. The van der Waals surface area contributed by atoms with Gasteiger partial charge < -0.3 is 10.6 Å². The number of anilines is 2. The summed E-state index contributed by atoms with van der Waals surface area (Å²) in [6.07, 6.45) is 8.13. The Balaban J connectivity index is 1.53. The van der Waals surface area contributed by atoms with Gasteiger partial charge in [-0.25, -0.2) is 0 Å². The van der Waals surface area contributed by atoms with Crippen LogP contribution < -0.4 is 10.6 Å². The van der Waals surface area contributed by atoms with Crippen LogP contribution in [0.3, 0.4) is 0 Å². The Morgan fingerprint density at radius 1 is 0.583 bits per heavy atom. The summed E-state index contributed by atoms with van der Waals surface area (Å²) in [5.41, 5.74) is 2.54. The first-order valence-electron chi connectivity index (χ1n) is 9.53. The molecule has 2 atom stereocenters. The van der Waals surface area contributed by atoms with E-state index in [1.165, 1.54) is 49.9 Å². The van der Waals surface area contributed by atoms with E-state index in [0.29, 0.717) is 12.1 Å². The summed E-state index contributed by atoms with van der Waals surface area (Å²) in [7, 11) is 0. The topological polar surface area (TPSA) is 24.1 Å². The lowest BCUT2D eigenvalue weighted by Crippen LogP contribution is -2.49. The largest absolute Gasteiger partial charge is 0.382 e. The van der Waals surface area contributed by atoms with E-state index in [4.69, 9.17) is 0 Å². The first kappa shape index (κ1) is 15.6. The third-order valence-electron chi connectivity index (χ3n) is 5.91. The summed E-state index contributed by atoms with van der Waals surface area (Å²) >= 11 is 0. The SMILES string of the molecule is c1ccc(NC2CCCC3CCCC(Nc4ccccc4)C32)cc1. The lowest BCUT2D eigenvalue weighted by atomic mass is 9.66. The molecule has 2 N–H and O–H groups in total. The summed E-state index contributed by atoms with van der Waals surface area (Å²) in [6, 6.07) is 22.7. The molecule has 2 aromatic rings. The maximum Gasteiger partial charge on any atom is 0.0342 e. The van der Waals surface area contributed by atoms with Crippen molar-refractivity contribution in [3.63, 3.8) is 0 Å². The van der Waals surface area contributed by atoms with E-state index >= 15 is 0 Å². The van der Waals surface area contributed by atoms with E-state index in [-0.39, 0.29) is 0 Å². The number of hydrogen-bond donors (Lipinski definition) is 2. The minimum atomic E-state index is 0.590. The van der Waals surface area contributed by atoms with E-state index in [2.05, 4.69) is 71.3 Å². The monoisotopic (exact) mass is 320 g/mol. The molecule has 2 fully saturated rings. The van der Waals surface area contributed by atoms with Crippen molar-refractivity contribution in [2.45, 2.75) is 50.6 Å². The van der Waals surface area contributed by atoms with Crippen LogP contribution in [0.1, 0.15) is 38.5 Å². The van der Waals surface area contributed by atoms with Crippen molar-refractivity contribution in [2.75, 3.05) is 10.6 Å². The standard InChI is InChI=1S/C22H28N2/c1-3-11-18(12-4-1)23-20-15-7-9-17-10-8-16-21(22(17)20)24-19-13-5-2-6-14-19/h1-6,11-14,17,20-24H,7-10,15-16H2. The molecule has 0 spiro atoms. The quantitative estimate of drug-likeness (QED) is 0.772. The van der Waals surface area contributed by atoms with Crippen molar-refractivity contribution in [3.8, 4) is 0 Å². The van der Waals surface area contributed by atoms with Gasteiger partial charge in [0.15, 0.2) is 0 Å². The van der Waals surface area contributed by atoms with Crippen LogP contribution in [0, 0.1) is 11.8 Å². The molecule has 126 valence electrons. The van der Waals surface area contributed by atoms with Crippen molar-refractivity contribution in [1.82, 2.24) is 0 Å². The molecule has 0 aliphatic heterocycles. The van der Waals surface area contributed by atoms with E-state index in [9.17, 15) is 0 Å². The predicted octanol–water partition coefficient (Wildman–Crippen LogP) is 5.55. The second-order valence-electron chi connectivity index (χ2n) is 7.43. The molecule has 0 heterocycles. The van der Waals surface area contributed by atoms with E-state index in [1.54, 1.807) is 0 Å². The lowest BCUT2D eigenvalue weighted by Gasteiger charge is -2.47. The Labute approximate surface area is 145 Å². The van der Waals surface area contributed by atoms with Crippen LogP contribution in [0.25, 0.3) is 0 Å². The summed E-state index contributed by atoms with van der Waals surface area (Å²) in [5.74, 6) is 1.60. The first-order chi connectivity index (χ1) is 11.9. The zero-order valence-electron chi connectivity index (χ0n) is 14.3. The maximum atomic E-state index is 3.86. The van der Waals surface area contributed by atoms with Gasteiger partial charge >= 0.3 is 0 Å². The van der Waals surface area contributed by atoms with Gasteiger partial charge in [0.2, 0.25) is 0 Å². The second kappa shape index (κ2) is 7.29. The van der Waals surface area contributed by atoms with Crippen LogP contribution in [0.4, 0.5) is 11.4 Å². The van der Waals surface area contributed by atoms with Crippen LogP contribution >= 0.6 is 0 Å². The minimum absolute atomic E-state index is 0.590. The molecule has 0 saturated heterocycles. The molecule has 0 radical (unpaired) electrons. The van der Waals surface area contributed by atoms with Crippen LogP contribution in [-0.2, 0) is 0 Å². The average molecular weight is 320 g/mol. The molecule has 24 heavy (non-hydrogen) atoms. The van der Waals surface area contributed by atoms with Crippen molar-refractivity contribution in [3.05, 3.63) is 60.7 Å². The van der Waals surface area contributed by atoms with Crippen molar-refractivity contribution >= 4 is 11.4 Å². The highest BCUT2D eigenvalue weighted by molar-refractivity contribution is 5.46. The molecule has 0 bridgehead atoms. The summed E-state index contributed by atoms with van der Waals surface area (Å²) in [6.45, 7) is 0. The molecular formula is C22H28N2. The van der Waals surface area contributed by atoms with Crippen LogP contribution in [0.2, 0.25) is 0 Å². The molecule has 4 rings (SSSR count). The fourth-order valence-electron chi connectivity index (χ4n) is 4.89. The smallest absolute Gasteiger partial charge is 0.0342 e. The highest BCUT2D eigenvalue weighted by atomic mass is 15.0. The normalized spacial score (nSPS) is 29.5. The number of nitrogens with one attached hydrogen (secondary N) is 2. The Morgan fingerprint density at radius 2 is 1.04 bits per heavy atom. The number of benzene rings is 2. The van der Waals surface area contributed by atoms with Gasteiger partial charge in [-0.15, -0.1) is 0 Å². The second-order valence-corrected chi connectivity index (χ2v) is 7.43. The van der Waals surface area contributed by atoms with Gasteiger partial charge in [0.25, 0.3) is 0 Å². The van der Waals surface area contributed by atoms with Crippen LogP contribution in [-0.4, -0.2) is 12.1 Å². The van der Waals surface area contributed by atoms with Gasteiger partial charge in [0, 0.05) is 29.4 Å². The molecule has 2 nitrogen and oxygen atoms in total. The van der Waals surface area contributed by atoms with Crippen LogP contribution in [0.5, 0.6) is 0 Å². The van der Waals surface area contributed by atoms with E-state index < -0.39 is 0 Å². The molecule has 0 amide bonds. The highest BCUT2D eigenvalue weighted by Crippen LogP contribution is 2.42. The lowest BCUT2D eigenvalue weighted by molar-refractivity contribution is 0.141. The van der Waals surface area contributed by atoms with Gasteiger partial charge in [0.05, 0.1) is 0 Å². The average Bonchev–Trinajstić information content (AvgIpc) is 2.64. The maximum absolute atomic E-state index is 3.86. The molecule has 2 heteroatoms. The number of rotatable bonds is 4. The molecular weight excluding hydrogens is 292 g/mol. The third-order valence-corrected chi connectivity index (χ3v) is 5.91. The van der Waals surface area contributed by atoms with E-state index in [0.717, 1.165) is 11.8 Å². The molecule has 0 aromatic heterocycles. The van der Waals surface area contributed by atoms with Gasteiger partial charge in [-0.2, -0.15) is 0 Å². The summed E-state index contributed by atoms with van der Waals surface area (Å²) in [4.78, 5) is 0. The van der Waals surface area contributed by atoms with E-state index in [1.807, 2.05) is 0 Å². The van der Waals surface area contributed by atoms with Gasteiger partial charge in [-0.3, -0.25) is 0 Å². The predicted molar refractivity (Wildman–Crippen MR) is 102 cm³/mol. The number of fused-ring (bicyclic) bond motifs is 1. The fraction of sp³-hybridized carbons (Fsp3) is 0.455. The molecule has 2 saturated carbocycles. The Morgan fingerprint density at radius 3 is 1.50 bits per heavy atom. The molecule has 2 aromatic carbocycles. The van der Waals surface area contributed by atoms with Gasteiger partial charge in [-0.1, -0.05) is 49.2 Å². The number of para-hydroxylation sites is 2. The Kier molecular flexibility index (Phi) is 4.73. The first-order valence-corrected chi connectivity index (χ1v) is 9.53. The van der Waals surface area contributed by atoms with Gasteiger partial charge in [-0.05, 0) is 55.9 Å². The van der Waals surface area contributed by atoms with Crippen molar-refractivity contribution in [2.24, 2.45) is 11.8 Å². The highest BCUT2D eigenvalue weighted by Gasteiger charge is 2.40. The number of hydrogen-bond acceptors (Lipinski definition) is 2. The Hall–Kier alpha value is -1.96. The Bertz CT molecular complexity index is 569. The van der Waals surface area contributed by atoms with Gasteiger partial charge in [0.1, 0.15) is 0 Å². The zero-order chi connectivity index (χ0) is 16.2. The minimum Gasteiger partial charge on any atom is -0.382 e. The molecule has 2 aliphatic rings.